The van der Waals surface area contributed by atoms with Crippen LogP contribution < -0.4 is 5.32 Å². The Balaban J connectivity index is 1.96. The highest BCUT2D eigenvalue weighted by molar-refractivity contribution is 6.30. The van der Waals surface area contributed by atoms with Gasteiger partial charge in [-0.2, -0.15) is 0 Å². The van der Waals surface area contributed by atoms with Crippen LogP contribution in [0.5, 0.6) is 0 Å². The van der Waals surface area contributed by atoms with E-state index >= 15 is 0 Å². The van der Waals surface area contributed by atoms with Crippen molar-refractivity contribution in [1.29, 1.82) is 0 Å². The van der Waals surface area contributed by atoms with Gasteiger partial charge in [0.25, 0.3) is 0 Å². The minimum atomic E-state index is 0.531. The summed E-state index contributed by atoms with van der Waals surface area (Å²) < 4.78 is 0. The Kier molecular flexibility index (Phi) is 4.62. The van der Waals surface area contributed by atoms with E-state index in [0.29, 0.717) is 11.8 Å². The molecule has 1 saturated heterocycles. The molecule has 110 valence electrons. The van der Waals surface area contributed by atoms with Gasteiger partial charge in [0.05, 0.1) is 0 Å². The number of hydrogen-bond acceptors (Lipinski definition) is 1. The van der Waals surface area contributed by atoms with Crippen LogP contribution in [0.3, 0.4) is 0 Å². The smallest absolute Gasteiger partial charge is 0.0406 e. The van der Waals surface area contributed by atoms with Crippen molar-refractivity contribution >= 4 is 11.6 Å². The molecule has 2 aromatic rings. The highest BCUT2D eigenvalue weighted by Gasteiger charge is 2.28. The van der Waals surface area contributed by atoms with E-state index < -0.39 is 0 Å². The van der Waals surface area contributed by atoms with Crippen molar-refractivity contribution in [1.82, 2.24) is 5.32 Å². The predicted octanol–water partition coefficient (Wildman–Crippen LogP) is 4.76. The molecule has 0 amide bonds. The van der Waals surface area contributed by atoms with Crippen LogP contribution >= 0.6 is 11.6 Å². The number of halogens is 1. The number of piperidine rings is 1. The van der Waals surface area contributed by atoms with E-state index in [-0.39, 0.29) is 0 Å². The minimum absolute atomic E-state index is 0.531. The van der Waals surface area contributed by atoms with Crippen LogP contribution in [0, 0.1) is 0 Å². The monoisotopic (exact) mass is 299 g/mol. The summed E-state index contributed by atoms with van der Waals surface area (Å²) in [7, 11) is 0. The molecule has 0 saturated carbocycles. The molecule has 21 heavy (non-hydrogen) atoms. The average Bonchev–Trinajstić information content (AvgIpc) is 2.55. The zero-order valence-electron chi connectivity index (χ0n) is 12.5. The maximum atomic E-state index is 6.04. The number of nitrogens with one attached hydrogen (secondary N) is 1. The van der Waals surface area contributed by atoms with Gasteiger partial charge in [0.1, 0.15) is 0 Å². The van der Waals surface area contributed by atoms with Gasteiger partial charge in [0.2, 0.25) is 0 Å². The van der Waals surface area contributed by atoms with Gasteiger partial charge >= 0.3 is 0 Å². The molecule has 2 atom stereocenters. The van der Waals surface area contributed by atoms with Gasteiger partial charge in [-0.05, 0) is 54.1 Å². The highest BCUT2D eigenvalue weighted by Crippen LogP contribution is 2.39. The van der Waals surface area contributed by atoms with E-state index in [1.807, 2.05) is 12.1 Å². The zero-order valence-corrected chi connectivity index (χ0v) is 13.2. The minimum Gasteiger partial charge on any atom is -0.316 e. The van der Waals surface area contributed by atoms with Crippen molar-refractivity contribution in [2.24, 2.45) is 0 Å². The van der Waals surface area contributed by atoms with Crippen LogP contribution in [0.2, 0.25) is 5.02 Å². The first-order valence-corrected chi connectivity index (χ1v) is 8.21. The summed E-state index contributed by atoms with van der Waals surface area (Å²) in [4.78, 5) is 0. The second kappa shape index (κ2) is 6.64. The van der Waals surface area contributed by atoms with Gasteiger partial charge in [0, 0.05) is 17.5 Å². The second-order valence-corrected chi connectivity index (χ2v) is 6.25. The standard InChI is InChI=1S/C19H22ClN/c1-2-14-5-3-4-6-17(14)18-11-12-21-13-19(18)15-7-9-16(20)10-8-15/h3-10,18-19,21H,2,11-13H2,1H3. The van der Waals surface area contributed by atoms with Crippen LogP contribution in [0.25, 0.3) is 0 Å². The van der Waals surface area contributed by atoms with Crippen LogP contribution in [0.15, 0.2) is 48.5 Å². The third-order valence-corrected chi connectivity index (χ3v) is 4.87. The topological polar surface area (TPSA) is 12.0 Å². The Morgan fingerprint density at radius 2 is 1.81 bits per heavy atom. The summed E-state index contributed by atoms with van der Waals surface area (Å²) in [6.45, 7) is 4.40. The molecule has 2 aromatic carbocycles. The van der Waals surface area contributed by atoms with Crippen LogP contribution in [0.1, 0.15) is 41.9 Å². The summed E-state index contributed by atoms with van der Waals surface area (Å²) in [5.74, 6) is 1.13. The lowest BCUT2D eigenvalue weighted by Crippen LogP contribution is -2.34. The third kappa shape index (κ3) is 3.14. The molecule has 0 bridgehead atoms. The highest BCUT2D eigenvalue weighted by atomic mass is 35.5. The predicted molar refractivity (Wildman–Crippen MR) is 90.2 cm³/mol. The summed E-state index contributed by atoms with van der Waals surface area (Å²) in [5, 5.41) is 4.37. The molecule has 2 unspecified atom stereocenters. The molecule has 2 heteroatoms. The Morgan fingerprint density at radius 3 is 2.57 bits per heavy atom. The Hall–Kier alpha value is -1.31. The molecule has 1 nitrogen and oxygen atoms in total. The van der Waals surface area contributed by atoms with E-state index in [9.17, 15) is 0 Å². The SMILES string of the molecule is CCc1ccccc1C1CCNCC1c1ccc(Cl)cc1. The fourth-order valence-corrected chi connectivity index (χ4v) is 3.63. The average molecular weight is 300 g/mol. The number of aryl methyl sites for hydroxylation is 1. The second-order valence-electron chi connectivity index (χ2n) is 5.81. The quantitative estimate of drug-likeness (QED) is 0.861. The Morgan fingerprint density at radius 1 is 1.05 bits per heavy atom. The van der Waals surface area contributed by atoms with E-state index in [0.717, 1.165) is 24.5 Å². The van der Waals surface area contributed by atoms with Crippen molar-refractivity contribution in [3.63, 3.8) is 0 Å². The van der Waals surface area contributed by atoms with Gasteiger partial charge in [0.15, 0.2) is 0 Å². The molecule has 0 radical (unpaired) electrons. The first kappa shape index (κ1) is 14.6. The maximum absolute atomic E-state index is 6.04. The van der Waals surface area contributed by atoms with Crippen molar-refractivity contribution < 1.29 is 0 Å². The lowest BCUT2D eigenvalue weighted by Gasteiger charge is -2.34. The zero-order chi connectivity index (χ0) is 14.7. The van der Waals surface area contributed by atoms with E-state index in [2.05, 4.69) is 48.6 Å². The number of benzene rings is 2. The number of rotatable bonds is 3. The fourth-order valence-electron chi connectivity index (χ4n) is 3.51. The normalized spacial score (nSPS) is 22.2. The Bertz CT molecular complexity index is 591. The molecular weight excluding hydrogens is 278 g/mol. The fraction of sp³-hybridized carbons (Fsp3) is 0.368. The van der Waals surface area contributed by atoms with Gasteiger partial charge in [-0.3, -0.25) is 0 Å². The van der Waals surface area contributed by atoms with Crippen molar-refractivity contribution in [2.45, 2.75) is 31.6 Å². The van der Waals surface area contributed by atoms with Gasteiger partial charge in [-0.15, -0.1) is 0 Å². The summed E-state index contributed by atoms with van der Waals surface area (Å²) in [6.07, 6.45) is 2.30. The van der Waals surface area contributed by atoms with E-state index in [4.69, 9.17) is 11.6 Å². The Labute approximate surface area is 132 Å². The lowest BCUT2D eigenvalue weighted by atomic mass is 9.76. The van der Waals surface area contributed by atoms with Crippen LogP contribution in [-0.2, 0) is 6.42 Å². The third-order valence-electron chi connectivity index (χ3n) is 4.62. The van der Waals surface area contributed by atoms with Crippen LogP contribution in [0.4, 0.5) is 0 Å². The lowest BCUT2D eigenvalue weighted by molar-refractivity contribution is 0.402. The van der Waals surface area contributed by atoms with E-state index in [1.54, 1.807) is 0 Å². The summed E-state index contributed by atoms with van der Waals surface area (Å²) in [6, 6.07) is 17.3. The largest absolute Gasteiger partial charge is 0.316 e. The molecule has 1 fully saturated rings. The molecule has 0 spiro atoms. The molecule has 1 N–H and O–H groups in total. The first-order valence-electron chi connectivity index (χ1n) is 7.83. The van der Waals surface area contributed by atoms with Gasteiger partial charge < -0.3 is 5.32 Å². The van der Waals surface area contributed by atoms with Crippen molar-refractivity contribution in [3.8, 4) is 0 Å². The summed E-state index contributed by atoms with van der Waals surface area (Å²) in [5.41, 5.74) is 4.41. The molecule has 0 aromatic heterocycles. The van der Waals surface area contributed by atoms with E-state index in [1.165, 1.54) is 23.1 Å². The van der Waals surface area contributed by atoms with Gasteiger partial charge in [-0.1, -0.05) is 54.9 Å². The molecule has 3 rings (SSSR count). The summed E-state index contributed by atoms with van der Waals surface area (Å²) >= 11 is 6.04. The molecular formula is C19H22ClN. The molecule has 1 aliphatic heterocycles. The van der Waals surface area contributed by atoms with Crippen LogP contribution in [-0.4, -0.2) is 13.1 Å². The molecule has 1 heterocycles. The molecule has 0 aliphatic carbocycles. The molecule has 1 aliphatic rings. The van der Waals surface area contributed by atoms with Gasteiger partial charge in [-0.25, -0.2) is 0 Å². The van der Waals surface area contributed by atoms with Crippen molar-refractivity contribution in [2.75, 3.05) is 13.1 Å². The van der Waals surface area contributed by atoms with Crippen molar-refractivity contribution in [3.05, 3.63) is 70.2 Å². The maximum Gasteiger partial charge on any atom is 0.0406 e. The number of hydrogen-bond donors (Lipinski definition) is 1. The first-order chi connectivity index (χ1) is 10.3.